The molecule has 7 heteroatoms. The first-order valence-corrected chi connectivity index (χ1v) is 8.46. The highest BCUT2D eigenvalue weighted by molar-refractivity contribution is 9.10. The van der Waals surface area contributed by atoms with Gasteiger partial charge in [0, 0.05) is 12.4 Å². The molecular weight excluding hydrogens is 384 g/mol. The third-order valence-electron chi connectivity index (χ3n) is 3.48. The molecule has 3 rings (SSSR count). The molecule has 0 atom stereocenters. The molecule has 1 N–H and O–H groups in total. The quantitative estimate of drug-likeness (QED) is 0.706. The maximum absolute atomic E-state index is 12.5. The average molecular weight is 401 g/mol. The fourth-order valence-electron chi connectivity index (χ4n) is 2.13. The zero-order valence-corrected chi connectivity index (χ0v) is 15.4. The second-order valence-electron chi connectivity index (χ2n) is 5.87. The van der Waals surface area contributed by atoms with Gasteiger partial charge in [0.25, 0.3) is 5.91 Å². The lowest BCUT2D eigenvalue weighted by Crippen LogP contribution is -2.42. The van der Waals surface area contributed by atoms with E-state index in [1.54, 1.807) is 49.3 Å². The summed E-state index contributed by atoms with van der Waals surface area (Å²) >= 11 is 3.43. The molecule has 0 radical (unpaired) electrons. The topological polar surface area (TPSA) is 69.0 Å². The third-order valence-corrected chi connectivity index (χ3v) is 4.02. The minimum Gasteiger partial charge on any atom is -0.460 e. The Hall–Kier alpha value is -2.67. The van der Waals surface area contributed by atoms with Crippen molar-refractivity contribution in [3.63, 3.8) is 0 Å². The number of benzene rings is 1. The number of amides is 1. The predicted octanol–water partition coefficient (Wildman–Crippen LogP) is 3.83. The standard InChI is InChI=1S/C18H17BrN4O2/c1-18(2,17(24)21-13-7-6-10-20-11-13)25-16-15(19)12-23(22-16)14-8-4-3-5-9-14/h3-12H,1-2H3,(H,21,24). The Labute approximate surface area is 154 Å². The largest absolute Gasteiger partial charge is 0.460 e. The van der Waals surface area contributed by atoms with Crippen LogP contribution in [0.2, 0.25) is 0 Å². The number of hydrogen-bond acceptors (Lipinski definition) is 4. The lowest BCUT2D eigenvalue weighted by Gasteiger charge is -2.24. The minimum absolute atomic E-state index is 0.290. The summed E-state index contributed by atoms with van der Waals surface area (Å²) in [4.78, 5) is 16.5. The molecule has 25 heavy (non-hydrogen) atoms. The van der Waals surface area contributed by atoms with Crippen LogP contribution in [0.15, 0.2) is 65.5 Å². The highest BCUT2D eigenvalue weighted by Crippen LogP contribution is 2.28. The summed E-state index contributed by atoms with van der Waals surface area (Å²) in [5.41, 5.74) is 0.391. The van der Waals surface area contributed by atoms with Crippen LogP contribution in [0.5, 0.6) is 5.88 Å². The summed E-state index contributed by atoms with van der Waals surface area (Å²) in [7, 11) is 0. The molecule has 0 fully saturated rings. The molecule has 0 aliphatic carbocycles. The summed E-state index contributed by atoms with van der Waals surface area (Å²) in [6.45, 7) is 3.37. The highest BCUT2D eigenvalue weighted by atomic mass is 79.9. The predicted molar refractivity (Wildman–Crippen MR) is 98.8 cm³/mol. The van der Waals surface area contributed by atoms with E-state index < -0.39 is 5.60 Å². The molecule has 0 bridgehead atoms. The van der Waals surface area contributed by atoms with Crippen LogP contribution in [0.1, 0.15) is 13.8 Å². The normalized spacial score (nSPS) is 11.2. The van der Waals surface area contributed by atoms with Crippen molar-refractivity contribution in [1.82, 2.24) is 14.8 Å². The molecule has 3 aromatic rings. The molecule has 1 aromatic carbocycles. The van der Waals surface area contributed by atoms with Crippen LogP contribution in [-0.4, -0.2) is 26.3 Å². The molecule has 2 heterocycles. The third kappa shape index (κ3) is 4.06. The highest BCUT2D eigenvalue weighted by Gasteiger charge is 2.32. The number of carbonyl (C=O) groups is 1. The van der Waals surface area contributed by atoms with Gasteiger partial charge < -0.3 is 10.1 Å². The number of carbonyl (C=O) groups excluding carboxylic acids is 1. The van der Waals surface area contributed by atoms with Gasteiger partial charge >= 0.3 is 0 Å². The zero-order valence-electron chi connectivity index (χ0n) is 13.8. The number of para-hydroxylation sites is 1. The van der Waals surface area contributed by atoms with Crippen molar-refractivity contribution >= 4 is 27.5 Å². The zero-order chi connectivity index (χ0) is 17.9. The molecule has 0 aliphatic heterocycles. The SMILES string of the molecule is CC(C)(Oc1nn(-c2ccccc2)cc1Br)C(=O)Nc1cccnc1. The Balaban J connectivity index is 1.76. The first-order chi connectivity index (χ1) is 12.0. The Bertz CT molecular complexity index is 863. The summed E-state index contributed by atoms with van der Waals surface area (Å²) in [6, 6.07) is 13.2. The smallest absolute Gasteiger partial charge is 0.268 e. The molecule has 1 amide bonds. The summed E-state index contributed by atoms with van der Waals surface area (Å²) in [6.07, 6.45) is 5.01. The van der Waals surface area contributed by atoms with Crippen LogP contribution in [0, 0.1) is 0 Å². The van der Waals surface area contributed by atoms with E-state index in [1.165, 1.54) is 0 Å². The van der Waals surface area contributed by atoms with Crippen LogP contribution >= 0.6 is 15.9 Å². The van der Waals surface area contributed by atoms with Crippen LogP contribution in [-0.2, 0) is 4.79 Å². The van der Waals surface area contributed by atoms with Crippen LogP contribution in [0.4, 0.5) is 5.69 Å². The molecule has 6 nitrogen and oxygen atoms in total. The molecule has 128 valence electrons. The number of nitrogens with zero attached hydrogens (tertiary/aromatic N) is 3. The van der Waals surface area contributed by atoms with Gasteiger partial charge in [-0.15, -0.1) is 5.10 Å². The molecule has 0 saturated carbocycles. The average Bonchev–Trinajstić information content (AvgIpc) is 2.97. The van der Waals surface area contributed by atoms with Crippen molar-refractivity contribution in [2.24, 2.45) is 0 Å². The Morgan fingerprint density at radius 1 is 1.20 bits per heavy atom. The van der Waals surface area contributed by atoms with Crippen LogP contribution < -0.4 is 10.1 Å². The second-order valence-corrected chi connectivity index (χ2v) is 6.72. The van der Waals surface area contributed by atoms with Gasteiger partial charge in [-0.1, -0.05) is 18.2 Å². The fraction of sp³-hybridized carbons (Fsp3) is 0.167. The number of hydrogen-bond donors (Lipinski definition) is 1. The van der Waals surface area contributed by atoms with E-state index in [1.807, 2.05) is 30.3 Å². The Morgan fingerprint density at radius 2 is 1.96 bits per heavy atom. The Kier molecular flexibility index (Phi) is 4.85. The lowest BCUT2D eigenvalue weighted by atomic mass is 10.1. The molecule has 2 aromatic heterocycles. The van der Waals surface area contributed by atoms with Gasteiger partial charge in [0.2, 0.25) is 5.88 Å². The van der Waals surface area contributed by atoms with Gasteiger partial charge in [0.05, 0.1) is 22.0 Å². The van der Waals surface area contributed by atoms with Crippen LogP contribution in [0.25, 0.3) is 5.69 Å². The lowest BCUT2D eigenvalue weighted by molar-refractivity contribution is -0.128. The molecular formula is C18H17BrN4O2. The van der Waals surface area contributed by atoms with Gasteiger partial charge in [-0.2, -0.15) is 0 Å². The number of anilines is 1. The van der Waals surface area contributed by atoms with E-state index >= 15 is 0 Å². The summed E-state index contributed by atoms with van der Waals surface area (Å²) < 4.78 is 8.21. The van der Waals surface area contributed by atoms with E-state index in [2.05, 4.69) is 31.3 Å². The number of pyridine rings is 1. The maximum atomic E-state index is 12.5. The maximum Gasteiger partial charge on any atom is 0.268 e. The first-order valence-electron chi connectivity index (χ1n) is 7.67. The van der Waals surface area contributed by atoms with Crippen molar-refractivity contribution in [3.05, 3.63) is 65.5 Å². The van der Waals surface area contributed by atoms with Crippen molar-refractivity contribution in [2.45, 2.75) is 19.4 Å². The Morgan fingerprint density at radius 3 is 2.64 bits per heavy atom. The number of rotatable bonds is 5. The fourth-order valence-corrected chi connectivity index (χ4v) is 2.48. The van der Waals surface area contributed by atoms with Crippen molar-refractivity contribution < 1.29 is 9.53 Å². The van der Waals surface area contributed by atoms with Crippen LogP contribution in [0.3, 0.4) is 0 Å². The first kappa shape index (κ1) is 17.2. The van der Waals surface area contributed by atoms with Gasteiger partial charge in [0.15, 0.2) is 5.60 Å². The van der Waals surface area contributed by atoms with Crippen molar-refractivity contribution in [3.8, 4) is 11.6 Å². The van der Waals surface area contributed by atoms with E-state index in [0.717, 1.165) is 5.69 Å². The van der Waals surface area contributed by atoms with Gasteiger partial charge in [-0.05, 0) is 54.0 Å². The summed E-state index contributed by atoms with van der Waals surface area (Å²) in [5.74, 6) is 0.0526. The number of aromatic nitrogens is 3. The minimum atomic E-state index is -1.12. The number of nitrogens with one attached hydrogen (secondary N) is 1. The van der Waals surface area contributed by atoms with Gasteiger partial charge in [-0.25, -0.2) is 4.68 Å². The molecule has 0 unspecified atom stereocenters. The molecule has 0 spiro atoms. The molecule has 0 aliphatic rings. The summed E-state index contributed by atoms with van der Waals surface area (Å²) in [5, 5.41) is 7.19. The van der Waals surface area contributed by atoms with E-state index in [9.17, 15) is 4.79 Å². The van der Waals surface area contributed by atoms with E-state index in [4.69, 9.17) is 4.74 Å². The van der Waals surface area contributed by atoms with Gasteiger partial charge in [-0.3, -0.25) is 9.78 Å². The second kappa shape index (κ2) is 7.06. The van der Waals surface area contributed by atoms with Crippen molar-refractivity contribution in [2.75, 3.05) is 5.32 Å². The number of ether oxygens (including phenoxy) is 1. The monoisotopic (exact) mass is 400 g/mol. The van der Waals surface area contributed by atoms with E-state index in [0.29, 0.717) is 16.0 Å². The molecule has 0 saturated heterocycles. The van der Waals surface area contributed by atoms with Crippen molar-refractivity contribution in [1.29, 1.82) is 0 Å². The number of halogens is 1. The van der Waals surface area contributed by atoms with Gasteiger partial charge in [0.1, 0.15) is 0 Å². The van der Waals surface area contributed by atoms with E-state index in [-0.39, 0.29) is 5.91 Å².